The lowest BCUT2D eigenvalue weighted by Crippen LogP contribution is -2.49. The molecule has 0 spiro atoms. The van der Waals surface area contributed by atoms with Crippen molar-refractivity contribution in [3.8, 4) is 0 Å². The van der Waals surface area contributed by atoms with Crippen molar-refractivity contribution < 1.29 is 4.74 Å². The quantitative estimate of drug-likeness (QED) is 0.554. The van der Waals surface area contributed by atoms with Gasteiger partial charge in [0.25, 0.3) is 0 Å². The molecule has 2 unspecified atom stereocenters. The normalized spacial score (nSPS) is 21.6. The van der Waals surface area contributed by atoms with E-state index in [0.717, 1.165) is 19.7 Å². The molecule has 0 amide bonds. The number of unbranched alkanes of at least 4 members (excludes halogenated alkanes) is 9. The first-order chi connectivity index (χ1) is 10.2. The summed E-state index contributed by atoms with van der Waals surface area (Å²) in [4.78, 5) is 2.53. The highest BCUT2D eigenvalue weighted by Crippen LogP contribution is 2.12. The molecule has 0 aromatic carbocycles. The highest BCUT2D eigenvalue weighted by Gasteiger charge is 2.22. The number of morpholine rings is 1. The Bertz CT molecular complexity index is 233. The predicted molar refractivity (Wildman–Crippen MR) is 91.7 cm³/mol. The van der Waals surface area contributed by atoms with Crippen LogP contribution in [0.3, 0.4) is 0 Å². The minimum Gasteiger partial charge on any atom is -0.374 e. The van der Waals surface area contributed by atoms with Crippen LogP contribution in [0.25, 0.3) is 0 Å². The molecule has 3 heteroatoms. The van der Waals surface area contributed by atoms with Crippen molar-refractivity contribution in [1.29, 1.82) is 0 Å². The summed E-state index contributed by atoms with van der Waals surface area (Å²) in [6.07, 6.45) is 14.3. The Morgan fingerprint density at radius 3 is 2.14 bits per heavy atom. The van der Waals surface area contributed by atoms with Gasteiger partial charge < -0.3 is 10.5 Å². The van der Waals surface area contributed by atoms with Crippen molar-refractivity contribution in [3.63, 3.8) is 0 Å². The van der Waals surface area contributed by atoms with Crippen LogP contribution >= 0.6 is 0 Å². The first kappa shape index (κ1) is 18.9. The van der Waals surface area contributed by atoms with E-state index >= 15 is 0 Å². The standard InChI is InChI=1S/C18H38N2O/c1-3-4-5-6-7-8-9-10-11-12-13-20-14-15-21-18(16-20)17(2)19/h17-18H,3-16,19H2,1-2H3. The molecule has 2 atom stereocenters. The fourth-order valence-electron chi connectivity index (χ4n) is 3.08. The minimum atomic E-state index is 0.153. The summed E-state index contributed by atoms with van der Waals surface area (Å²) in [5.41, 5.74) is 5.93. The minimum absolute atomic E-state index is 0.153. The number of nitrogens with two attached hydrogens (primary N) is 1. The first-order valence-electron chi connectivity index (χ1n) is 9.33. The molecule has 126 valence electrons. The Balaban J connectivity index is 1.88. The second-order valence-corrected chi connectivity index (χ2v) is 6.75. The molecule has 0 aromatic rings. The summed E-state index contributed by atoms with van der Waals surface area (Å²) in [5.74, 6) is 0. The number of nitrogens with zero attached hydrogens (tertiary/aromatic N) is 1. The van der Waals surface area contributed by atoms with Gasteiger partial charge in [-0.2, -0.15) is 0 Å². The van der Waals surface area contributed by atoms with Crippen LogP contribution in [-0.2, 0) is 4.74 Å². The summed E-state index contributed by atoms with van der Waals surface area (Å²) in [6.45, 7) is 8.52. The molecule has 1 fully saturated rings. The lowest BCUT2D eigenvalue weighted by Gasteiger charge is -2.34. The molecule has 1 rings (SSSR count). The summed E-state index contributed by atoms with van der Waals surface area (Å²) in [6, 6.07) is 0.153. The van der Waals surface area contributed by atoms with Crippen LogP contribution in [0.15, 0.2) is 0 Å². The molecule has 0 aromatic heterocycles. The average Bonchev–Trinajstić information content (AvgIpc) is 2.49. The molecule has 1 aliphatic heterocycles. The maximum absolute atomic E-state index is 5.93. The van der Waals surface area contributed by atoms with Crippen molar-refractivity contribution in [2.45, 2.75) is 90.2 Å². The predicted octanol–water partition coefficient (Wildman–Crippen LogP) is 3.96. The second kappa shape index (κ2) is 12.4. The SMILES string of the molecule is CCCCCCCCCCCCN1CCOC(C(C)N)C1. The summed E-state index contributed by atoms with van der Waals surface area (Å²) < 4.78 is 5.70. The van der Waals surface area contributed by atoms with Crippen LogP contribution in [0, 0.1) is 0 Å². The van der Waals surface area contributed by atoms with Crippen molar-refractivity contribution in [1.82, 2.24) is 4.90 Å². The van der Waals surface area contributed by atoms with E-state index in [-0.39, 0.29) is 12.1 Å². The average molecular weight is 299 g/mol. The van der Waals surface area contributed by atoms with Gasteiger partial charge in [0.15, 0.2) is 0 Å². The third-order valence-corrected chi connectivity index (χ3v) is 4.59. The maximum Gasteiger partial charge on any atom is 0.0850 e. The van der Waals surface area contributed by atoms with Crippen LogP contribution in [0.5, 0.6) is 0 Å². The Morgan fingerprint density at radius 1 is 1.00 bits per heavy atom. The number of rotatable bonds is 12. The summed E-state index contributed by atoms with van der Waals surface area (Å²) in [5, 5.41) is 0. The van der Waals surface area contributed by atoms with Crippen molar-refractivity contribution in [3.05, 3.63) is 0 Å². The van der Waals surface area contributed by atoms with Crippen molar-refractivity contribution >= 4 is 0 Å². The van der Waals surface area contributed by atoms with Crippen LogP contribution in [0.1, 0.15) is 78.1 Å². The summed E-state index contributed by atoms with van der Waals surface area (Å²) >= 11 is 0. The smallest absolute Gasteiger partial charge is 0.0850 e. The van der Waals surface area contributed by atoms with E-state index in [9.17, 15) is 0 Å². The van der Waals surface area contributed by atoms with E-state index in [2.05, 4.69) is 18.7 Å². The van der Waals surface area contributed by atoms with E-state index in [4.69, 9.17) is 10.5 Å². The van der Waals surface area contributed by atoms with E-state index in [1.165, 1.54) is 70.8 Å². The molecule has 3 nitrogen and oxygen atoms in total. The highest BCUT2D eigenvalue weighted by atomic mass is 16.5. The van der Waals surface area contributed by atoms with Crippen LogP contribution < -0.4 is 5.73 Å². The van der Waals surface area contributed by atoms with Gasteiger partial charge in [-0.25, -0.2) is 0 Å². The molecule has 1 aliphatic rings. The fraction of sp³-hybridized carbons (Fsp3) is 1.00. The van der Waals surface area contributed by atoms with Crippen LogP contribution in [0.2, 0.25) is 0 Å². The van der Waals surface area contributed by atoms with E-state index in [1.54, 1.807) is 0 Å². The van der Waals surface area contributed by atoms with E-state index < -0.39 is 0 Å². The van der Waals surface area contributed by atoms with Gasteiger partial charge in [0.2, 0.25) is 0 Å². The number of hydrogen-bond acceptors (Lipinski definition) is 3. The molecule has 0 saturated carbocycles. The number of hydrogen-bond donors (Lipinski definition) is 1. The van der Waals surface area contributed by atoms with E-state index in [1.807, 2.05) is 0 Å². The lowest BCUT2D eigenvalue weighted by molar-refractivity contribution is -0.0379. The monoisotopic (exact) mass is 298 g/mol. The van der Waals surface area contributed by atoms with Gasteiger partial charge in [0.05, 0.1) is 12.7 Å². The lowest BCUT2D eigenvalue weighted by atomic mass is 10.1. The Labute approximate surface area is 132 Å². The van der Waals surface area contributed by atoms with Gasteiger partial charge >= 0.3 is 0 Å². The molecular weight excluding hydrogens is 260 g/mol. The zero-order chi connectivity index (χ0) is 15.3. The maximum atomic E-state index is 5.93. The Kier molecular flexibility index (Phi) is 11.2. The van der Waals surface area contributed by atoms with Gasteiger partial charge in [-0.3, -0.25) is 4.90 Å². The van der Waals surface area contributed by atoms with Crippen molar-refractivity contribution in [2.75, 3.05) is 26.2 Å². The molecule has 1 saturated heterocycles. The largest absolute Gasteiger partial charge is 0.374 e. The molecule has 21 heavy (non-hydrogen) atoms. The molecule has 2 N–H and O–H groups in total. The zero-order valence-corrected chi connectivity index (χ0v) is 14.5. The Morgan fingerprint density at radius 2 is 1.57 bits per heavy atom. The molecule has 0 aliphatic carbocycles. The van der Waals surface area contributed by atoms with Crippen molar-refractivity contribution in [2.24, 2.45) is 5.73 Å². The molecular formula is C18H38N2O. The van der Waals surface area contributed by atoms with Crippen LogP contribution in [0.4, 0.5) is 0 Å². The molecule has 1 heterocycles. The topological polar surface area (TPSA) is 38.5 Å². The molecule has 0 bridgehead atoms. The Hall–Kier alpha value is -0.120. The first-order valence-corrected chi connectivity index (χ1v) is 9.33. The fourth-order valence-corrected chi connectivity index (χ4v) is 3.08. The van der Waals surface area contributed by atoms with Crippen LogP contribution in [-0.4, -0.2) is 43.3 Å². The molecule has 0 radical (unpaired) electrons. The summed E-state index contributed by atoms with van der Waals surface area (Å²) in [7, 11) is 0. The third-order valence-electron chi connectivity index (χ3n) is 4.59. The third kappa shape index (κ3) is 9.49. The van der Waals surface area contributed by atoms with Gasteiger partial charge in [0.1, 0.15) is 0 Å². The van der Waals surface area contributed by atoms with Gasteiger partial charge in [0, 0.05) is 19.1 Å². The highest BCUT2D eigenvalue weighted by molar-refractivity contribution is 4.77. The second-order valence-electron chi connectivity index (χ2n) is 6.75. The van der Waals surface area contributed by atoms with Gasteiger partial charge in [-0.05, 0) is 19.9 Å². The van der Waals surface area contributed by atoms with E-state index in [0.29, 0.717) is 0 Å². The van der Waals surface area contributed by atoms with Gasteiger partial charge in [-0.15, -0.1) is 0 Å². The zero-order valence-electron chi connectivity index (χ0n) is 14.5. The van der Waals surface area contributed by atoms with Gasteiger partial charge in [-0.1, -0.05) is 64.7 Å². The number of ether oxygens (including phenoxy) is 1.